The van der Waals surface area contributed by atoms with Crippen molar-refractivity contribution in [2.45, 2.75) is 0 Å². The lowest BCUT2D eigenvalue weighted by atomic mass is 10.1. The number of nitrogens with zero attached hydrogens (tertiary/aromatic N) is 2. The Balaban J connectivity index is 1.89. The molecule has 100 valence electrons. The predicted molar refractivity (Wildman–Crippen MR) is 67.5 cm³/mol. The second-order valence-electron chi connectivity index (χ2n) is 4.67. The summed E-state index contributed by atoms with van der Waals surface area (Å²) in [6.07, 6.45) is 0. The second-order valence-corrected chi connectivity index (χ2v) is 4.67. The van der Waals surface area contributed by atoms with Crippen molar-refractivity contribution in [3.63, 3.8) is 0 Å². The number of aromatic carboxylic acids is 1. The van der Waals surface area contributed by atoms with Gasteiger partial charge in [0.25, 0.3) is 0 Å². The third-order valence-electron chi connectivity index (χ3n) is 3.20. The Labute approximate surface area is 109 Å². The molecule has 6 nitrogen and oxygen atoms in total. The highest BCUT2D eigenvalue weighted by molar-refractivity contribution is 6.01. The van der Waals surface area contributed by atoms with Gasteiger partial charge in [-0.05, 0) is 18.2 Å². The maximum atomic E-state index is 11.2. The van der Waals surface area contributed by atoms with Crippen LogP contribution in [0.25, 0.3) is 10.9 Å². The van der Waals surface area contributed by atoms with Gasteiger partial charge in [0.1, 0.15) is 5.75 Å². The number of fused-ring (bicyclic) bond motifs is 1. The van der Waals surface area contributed by atoms with E-state index in [1.54, 1.807) is 25.2 Å². The molecule has 2 heterocycles. The molecule has 0 spiro atoms. The normalized spacial score (nSPS) is 15.4. The second kappa shape index (κ2) is 4.55. The zero-order chi connectivity index (χ0) is 13.4. The van der Waals surface area contributed by atoms with Crippen LogP contribution in [0.4, 0.5) is 0 Å². The summed E-state index contributed by atoms with van der Waals surface area (Å²) in [5, 5.41) is 13.9. The molecule has 0 amide bonds. The first-order chi connectivity index (χ1) is 9.15. The van der Waals surface area contributed by atoms with Crippen LogP contribution in [0.1, 0.15) is 10.5 Å². The maximum Gasteiger partial charge on any atom is 0.354 e. The molecule has 1 aliphatic heterocycles. The zero-order valence-electron chi connectivity index (χ0n) is 10.5. The fourth-order valence-corrected chi connectivity index (χ4v) is 2.12. The lowest BCUT2D eigenvalue weighted by molar-refractivity contribution is -0.0508. The minimum atomic E-state index is -0.991. The minimum Gasteiger partial charge on any atom is -0.493 e. The van der Waals surface area contributed by atoms with Crippen LogP contribution in [-0.4, -0.2) is 40.7 Å². The molecule has 1 aromatic carbocycles. The topological polar surface area (TPSA) is 73.6 Å². The van der Waals surface area contributed by atoms with E-state index in [9.17, 15) is 9.90 Å². The molecule has 0 saturated carbocycles. The van der Waals surface area contributed by atoms with Crippen LogP contribution in [0.15, 0.2) is 18.2 Å². The van der Waals surface area contributed by atoms with E-state index in [-0.39, 0.29) is 5.69 Å². The smallest absolute Gasteiger partial charge is 0.354 e. The molecule has 1 fully saturated rings. The van der Waals surface area contributed by atoms with E-state index in [2.05, 4.69) is 5.10 Å². The third-order valence-corrected chi connectivity index (χ3v) is 3.20. The van der Waals surface area contributed by atoms with Crippen LogP contribution in [0.5, 0.6) is 5.75 Å². The van der Waals surface area contributed by atoms with Crippen molar-refractivity contribution in [1.82, 2.24) is 9.78 Å². The molecule has 0 bridgehead atoms. The Morgan fingerprint density at radius 2 is 2.37 bits per heavy atom. The van der Waals surface area contributed by atoms with E-state index < -0.39 is 5.97 Å². The van der Waals surface area contributed by atoms with Gasteiger partial charge in [0.15, 0.2) is 5.69 Å². The first-order valence-electron chi connectivity index (χ1n) is 6.06. The summed E-state index contributed by atoms with van der Waals surface area (Å²) >= 11 is 0. The van der Waals surface area contributed by atoms with Crippen LogP contribution in [0, 0.1) is 5.92 Å². The van der Waals surface area contributed by atoms with Crippen LogP contribution >= 0.6 is 0 Å². The van der Waals surface area contributed by atoms with Gasteiger partial charge in [-0.3, -0.25) is 4.68 Å². The van der Waals surface area contributed by atoms with Gasteiger partial charge >= 0.3 is 5.97 Å². The highest BCUT2D eigenvalue weighted by Crippen LogP contribution is 2.24. The van der Waals surface area contributed by atoms with E-state index >= 15 is 0 Å². The predicted octanol–water partition coefficient (Wildman–Crippen LogP) is 1.30. The largest absolute Gasteiger partial charge is 0.493 e. The lowest BCUT2D eigenvalue weighted by Gasteiger charge is -2.25. The monoisotopic (exact) mass is 262 g/mol. The van der Waals surface area contributed by atoms with E-state index in [1.165, 1.54) is 4.68 Å². The summed E-state index contributed by atoms with van der Waals surface area (Å²) in [6, 6.07) is 5.31. The number of carbonyl (C=O) groups is 1. The number of hydrogen-bond acceptors (Lipinski definition) is 4. The summed E-state index contributed by atoms with van der Waals surface area (Å²) in [7, 11) is 1.62. The molecule has 3 rings (SSSR count). The highest BCUT2D eigenvalue weighted by Gasteiger charge is 2.20. The number of carboxylic acid groups (broad SMARTS) is 1. The Morgan fingerprint density at radius 1 is 1.58 bits per heavy atom. The van der Waals surface area contributed by atoms with Gasteiger partial charge in [0.2, 0.25) is 0 Å². The molecular formula is C13H14N2O4. The summed E-state index contributed by atoms with van der Waals surface area (Å²) in [4.78, 5) is 11.2. The van der Waals surface area contributed by atoms with Gasteiger partial charge in [-0.15, -0.1) is 0 Å². The number of carboxylic acids is 1. The SMILES string of the molecule is Cn1nc2ccc(OCC3COC3)cc2c1C(=O)O. The standard InChI is InChI=1S/C13H14N2O4/c1-15-12(13(16)17)10-4-9(2-3-11(10)14-15)19-7-8-5-18-6-8/h2-4,8H,5-7H2,1H3,(H,16,17). The van der Waals surface area contributed by atoms with E-state index in [0.29, 0.717) is 29.2 Å². The quantitative estimate of drug-likeness (QED) is 0.899. The third kappa shape index (κ3) is 2.15. The maximum absolute atomic E-state index is 11.2. The Hall–Kier alpha value is -2.08. The fraction of sp³-hybridized carbons (Fsp3) is 0.385. The minimum absolute atomic E-state index is 0.174. The van der Waals surface area contributed by atoms with Crippen molar-refractivity contribution in [3.8, 4) is 5.75 Å². The molecule has 0 aliphatic carbocycles. The van der Waals surface area contributed by atoms with Gasteiger partial charge in [-0.2, -0.15) is 5.10 Å². The van der Waals surface area contributed by atoms with Crippen molar-refractivity contribution in [1.29, 1.82) is 0 Å². The van der Waals surface area contributed by atoms with Crippen LogP contribution in [-0.2, 0) is 11.8 Å². The Bertz CT molecular complexity index is 631. The molecule has 6 heteroatoms. The molecule has 1 aromatic heterocycles. The molecule has 2 aromatic rings. The average molecular weight is 262 g/mol. The number of rotatable bonds is 4. The van der Waals surface area contributed by atoms with Crippen LogP contribution in [0.2, 0.25) is 0 Å². The molecule has 19 heavy (non-hydrogen) atoms. The summed E-state index contributed by atoms with van der Waals surface area (Å²) in [6.45, 7) is 2.05. The van der Waals surface area contributed by atoms with E-state index in [0.717, 1.165) is 13.2 Å². The number of benzene rings is 1. The van der Waals surface area contributed by atoms with E-state index in [1.807, 2.05) is 0 Å². The number of aromatic nitrogens is 2. The van der Waals surface area contributed by atoms with Gasteiger partial charge < -0.3 is 14.6 Å². The van der Waals surface area contributed by atoms with Gasteiger partial charge in [-0.25, -0.2) is 4.79 Å². The Kier molecular flexibility index (Phi) is 2.87. The van der Waals surface area contributed by atoms with Gasteiger partial charge in [-0.1, -0.05) is 0 Å². The number of aryl methyl sites for hydroxylation is 1. The van der Waals surface area contributed by atoms with Crippen molar-refractivity contribution < 1.29 is 19.4 Å². The van der Waals surface area contributed by atoms with E-state index in [4.69, 9.17) is 9.47 Å². The number of ether oxygens (including phenoxy) is 2. The Morgan fingerprint density at radius 3 is 3.00 bits per heavy atom. The molecule has 0 radical (unpaired) electrons. The van der Waals surface area contributed by atoms with Crippen molar-refractivity contribution in [2.75, 3.05) is 19.8 Å². The van der Waals surface area contributed by atoms with Crippen molar-refractivity contribution in [2.24, 2.45) is 13.0 Å². The van der Waals surface area contributed by atoms with Crippen LogP contribution in [0.3, 0.4) is 0 Å². The van der Waals surface area contributed by atoms with Gasteiger partial charge in [0, 0.05) is 18.4 Å². The summed E-state index contributed by atoms with van der Waals surface area (Å²) in [5.41, 5.74) is 0.826. The molecular weight excluding hydrogens is 248 g/mol. The first kappa shape index (κ1) is 12.0. The van der Waals surface area contributed by atoms with Gasteiger partial charge in [0.05, 0.1) is 25.3 Å². The molecule has 1 aliphatic rings. The molecule has 0 atom stereocenters. The molecule has 0 unspecified atom stereocenters. The summed E-state index contributed by atoms with van der Waals surface area (Å²) in [5.74, 6) is 0.105. The molecule has 1 saturated heterocycles. The zero-order valence-corrected chi connectivity index (χ0v) is 10.5. The highest BCUT2D eigenvalue weighted by atomic mass is 16.5. The first-order valence-corrected chi connectivity index (χ1v) is 6.06. The molecule has 1 N–H and O–H groups in total. The van der Waals surface area contributed by atoms with Crippen molar-refractivity contribution in [3.05, 3.63) is 23.9 Å². The fourth-order valence-electron chi connectivity index (χ4n) is 2.12. The van der Waals surface area contributed by atoms with Crippen molar-refractivity contribution >= 4 is 16.9 Å². The number of hydrogen-bond donors (Lipinski definition) is 1. The lowest BCUT2D eigenvalue weighted by Crippen LogP contribution is -2.32. The summed E-state index contributed by atoms with van der Waals surface area (Å²) < 4.78 is 12.1. The average Bonchev–Trinajstić information content (AvgIpc) is 2.62. The van der Waals surface area contributed by atoms with Crippen LogP contribution < -0.4 is 4.74 Å².